The van der Waals surface area contributed by atoms with E-state index in [1.165, 1.54) is 18.9 Å². The van der Waals surface area contributed by atoms with Crippen LogP contribution in [-0.4, -0.2) is 17.4 Å². The summed E-state index contributed by atoms with van der Waals surface area (Å²) in [4.78, 5) is 0. The van der Waals surface area contributed by atoms with Gasteiger partial charge in [-0.1, -0.05) is 25.5 Å². The Morgan fingerprint density at radius 2 is 2.08 bits per heavy atom. The van der Waals surface area contributed by atoms with Gasteiger partial charge >= 0.3 is 0 Å². The number of hydrogen-bond acceptors (Lipinski definition) is 1. The fraction of sp³-hybridized carbons (Fsp3) is 0.778. The Kier molecular flexibility index (Phi) is 5.79. The van der Waals surface area contributed by atoms with Crippen molar-refractivity contribution in [3.63, 3.8) is 0 Å². The van der Waals surface area contributed by atoms with Crippen molar-refractivity contribution < 1.29 is 4.12 Å². The van der Waals surface area contributed by atoms with Crippen LogP contribution in [0, 0.1) is 0 Å². The minimum Gasteiger partial charge on any atom is -0.455 e. The highest BCUT2D eigenvalue weighted by atomic mass is 28.4. The molecule has 0 fully saturated rings. The fourth-order valence-electron chi connectivity index (χ4n) is 1.12. The molecule has 0 spiro atoms. The van der Waals surface area contributed by atoms with Crippen LogP contribution in [0.4, 0.5) is 0 Å². The van der Waals surface area contributed by atoms with Crippen LogP contribution in [0.5, 0.6) is 0 Å². The van der Waals surface area contributed by atoms with Gasteiger partial charge in [-0.15, -0.1) is 6.58 Å². The van der Waals surface area contributed by atoms with E-state index in [2.05, 4.69) is 33.1 Å². The van der Waals surface area contributed by atoms with Crippen LogP contribution < -0.4 is 0 Å². The molecule has 0 bridgehead atoms. The van der Waals surface area contributed by atoms with Gasteiger partial charge in [-0.25, -0.2) is 0 Å². The van der Waals surface area contributed by atoms with Gasteiger partial charge in [0.15, 0.2) is 17.4 Å². The van der Waals surface area contributed by atoms with E-state index in [9.17, 15) is 0 Å². The number of hydrogen-bond donors (Lipinski definition) is 0. The minimum absolute atomic E-state index is 0.872. The first-order chi connectivity index (χ1) is 5.52. The summed E-state index contributed by atoms with van der Waals surface area (Å²) >= 11 is 0. The van der Waals surface area contributed by atoms with Crippen LogP contribution in [0.15, 0.2) is 12.3 Å². The highest BCUT2D eigenvalue weighted by Gasteiger charge is 2.20. The average Bonchev–Trinajstić information content (AvgIpc) is 2.00. The minimum atomic E-state index is -1.46. The maximum atomic E-state index is 6.05. The molecule has 0 aromatic heterocycles. The molecule has 0 heterocycles. The van der Waals surface area contributed by atoms with Crippen LogP contribution in [0.25, 0.3) is 0 Å². The van der Waals surface area contributed by atoms with Gasteiger partial charge in [0.1, 0.15) is 0 Å². The standard InChI is InChI=1S/C9H22OSi2/c1-6-8-9-11(3)10-12(4,5)7-2/h7,11H,2,6,8-9H2,1,3-5H3. The van der Waals surface area contributed by atoms with Crippen LogP contribution in [0.1, 0.15) is 19.8 Å². The van der Waals surface area contributed by atoms with Gasteiger partial charge in [0.05, 0.1) is 0 Å². The van der Waals surface area contributed by atoms with Crippen LogP contribution in [-0.2, 0) is 4.12 Å². The van der Waals surface area contributed by atoms with E-state index in [1.807, 2.05) is 5.70 Å². The van der Waals surface area contributed by atoms with Gasteiger partial charge in [-0.3, -0.25) is 0 Å². The van der Waals surface area contributed by atoms with Crippen molar-refractivity contribution in [1.82, 2.24) is 0 Å². The van der Waals surface area contributed by atoms with Gasteiger partial charge in [0, 0.05) is 0 Å². The third-order valence-electron chi connectivity index (χ3n) is 1.96. The largest absolute Gasteiger partial charge is 0.455 e. The molecular weight excluding hydrogens is 180 g/mol. The first-order valence-electron chi connectivity index (χ1n) is 4.83. The smallest absolute Gasteiger partial charge is 0.197 e. The number of unbranched alkanes of at least 4 members (excludes halogenated alkanes) is 1. The van der Waals surface area contributed by atoms with Crippen molar-refractivity contribution in [1.29, 1.82) is 0 Å². The van der Waals surface area contributed by atoms with Gasteiger partial charge < -0.3 is 4.12 Å². The molecule has 0 aromatic carbocycles. The van der Waals surface area contributed by atoms with Crippen molar-refractivity contribution in [2.24, 2.45) is 0 Å². The number of rotatable bonds is 6. The molecule has 0 radical (unpaired) electrons. The Morgan fingerprint density at radius 3 is 2.50 bits per heavy atom. The molecule has 0 aromatic rings. The molecule has 0 N–H and O–H groups in total. The molecular formula is C9H22OSi2. The van der Waals surface area contributed by atoms with Crippen molar-refractivity contribution in [3.8, 4) is 0 Å². The summed E-state index contributed by atoms with van der Waals surface area (Å²) in [7, 11) is -2.34. The first-order valence-corrected chi connectivity index (χ1v) is 10.3. The van der Waals surface area contributed by atoms with Gasteiger partial charge in [-0.05, 0) is 25.7 Å². The van der Waals surface area contributed by atoms with Crippen LogP contribution in [0.3, 0.4) is 0 Å². The second kappa shape index (κ2) is 5.72. The maximum Gasteiger partial charge on any atom is 0.197 e. The molecule has 0 rings (SSSR count). The zero-order valence-corrected chi connectivity index (χ0v) is 11.0. The summed E-state index contributed by atoms with van der Waals surface area (Å²) < 4.78 is 6.05. The molecule has 72 valence electrons. The molecule has 1 atom stereocenters. The Labute approximate surface area is 79.7 Å². The van der Waals surface area contributed by atoms with E-state index in [-0.39, 0.29) is 0 Å². The molecule has 0 aliphatic rings. The Morgan fingerprint density at radius 1 is 1.50 bits per heavy atom. The van der Waals surface area contributed by atoms with Crippen molar-refractivity contribution >= 4 is 17.4 Å². The lowest BCUT2D eigenvalue weighted by molar-refractivity contribution is 0.574. The highest BCUT2D eigenvalue weighted by Crippen LogP contribution is 2.11. The van der Waals surface area contributed by atoms with Gasteiger partial charge in [-0.2, -0.15) is 0 Å². The molecule has 12 heavy (non-hydrogen) atoms. The van der Waals surface area contributed by atoms with E-state index >= 15 is 0 Å². The SMILES string of the molecule is C=C[Si](C)(C)O[SiH](C)CCCC. The molecule has 0 amide bonds. The van der Waals surface area contributed by atoms with Crippen LogP contribution >= 0.6 is 0 Å². The quantitative estimate of drug-likeness (QED) is 0.602. The predicted molar refractivity (Wildman–Crippen MR) is 61.5 cm³/mol. The third-order valence-corrected chi connectivity index (χ3v) is 8.20. The first kappa shape index (κ1) is 12.1. The lowest BCUT2D eigenvalue weighted by Gasteiger charge is -2.23. The van der Waals surface area contributed by atoms with Crippen molar-refractivity contribution in [2.45, 2.75) is 45.5 Å². The Balaban J connectivity index is 3.67. The summed E-state index contributed by atoms with van der Waals surface area (Å²) in [5.41, 5.74) is 2.03. The van der Waals surface area contributed by atoms with E-state index in [0.717, 1.165) is 0 Å². The normalized spacial score (nSPS) is 14.3. The molecule has 0 aliphatic heterocycles. The zero-order chi connectivity index (χ0) is 9.61. The summed E-state index contributed by atoms with van der Waals surface area (Å²) in [5, 5.41) is 0. The van der Waals surface area contributed by atoms with E-state index in [1.54, 1.807) is 0 Å². The van der Waals surface area contributed by atoms with E-state index in [0.29, 0.717) is 0 Å². The Bertz CT molecular complexity index is 134. The lowest BCUT2D eigenvalue weighted by atomic mass is 10.4. The summed E-state index contributed by atoms with van der Waals surface area (Å²) in [5.74, 6) is 0. The van der Waals surface area contributed by atoms with E-state index < -0.39 is 17.4 Å². The molecule has 1 nitrogen and oxygen atoms in total. The summed E-state index contributed by atoms with van der Waals surface area (Å²) in [6.07, 6.45) is 2.62. The molecule has 0 aliphatic carbocycles. The predicted octanol–water partition coefficient (Wildman–Crippen LogP) is 3.09. The second-order valence-corrected chi connectivity index (χ2v) is 10.6. The lowest BCUT2D eigenvalue weighted by Crippen LogP contribution is -2.34. The average molecular weight is 202 g/mol. The molecule has 0 saturated carbocycles. The molecule has 3 heteroatoms. The summed E-state index contributed by atoms with van der Waals surface area (Å²) in [6.45, 7) is 12.8. The Hall–Kier alpha value is 0.134. The highest BCUT2D eigenvalue weighted by molar-refractivity contribution is 6.81. The third kappa shape index (κ3) is 5.74. The topological polar surface area (TPSA) is 9.23 Å². The van der Waals surface area contributed by atoms with Crippen LogP contribution in [0.2, 0.25) is 25.7 Å². The van der Waals surface area contributed by atoms with E-state index in [4.69, 9.17) is 4.12 Å². The fourth-order valence-corrected chi connectivity index (χ4v) is 7.10. The summed E-state index contributed by atoms with van der Waals surface area (Å²) in [6, 6.07) is 1.32. The van der Waals surface area contributed by atoms with Crippen molar-refractivity contribution in [3.05, 3.63) is 12.3 Å². The zero-order valence-electron chi connectivity index (χ0n) is 8.89. The van der Waals surface area contributed by atoms with Gasteiger partial charge in [0.2, 0.25) is 0 Å². The second-order valence-electron chi connectivity index (χ2n) is 3.88. The molecule has 0 saturated heterocycles. The maximum absolute atomic E-state index is 6.05. The molecule has 1 unspecified atom stereocenters. The monoisotopic (exact) mass is 202 g/mol. The van der Waals surface area contributed by atoms with Gasteiger partial charge in [0.25, 0.3) is 0 Å². The van der Waals surface area contributed by atoms with Crippen molar-refractivity contribution in [2.75, 3.05) is 0 Å².